The molecule has 0 radical (unpaired) electrons. The summed E-state index contributed by atoms with van der Waals surface area (Å²) in [5.74, 6) is -5.49. The third-order valence-electron chi connectivity index (χ3n) is 6.21. The molecule has 194 valence electrons. The predicted molar refractivity (Wildman–Crippen MR) is 132 cm³/mol. The molecule has 7 unspecified atom stereocenters. The highest BCUT2D eigenvalue weighted by Crippen LogP contribution is 2.41. The lowest BCUT2D eigenvalue weighted by molar-refractivity contribution is -0.187. The van der Waals surface area contributed by atoms with Crippen molar-refractivity contribution in [1.29, 1.82) is 0 Å². The van der Waals surface area contributed by atoms with Gasteiger partial charge in [-0.25, -0.2) is 0 Å². The first-order chi connectivity index (χ1) is 15.7. The number of rotatable bonds is 8. The predicted octanol–water partition coefficient (Wildman–Crippen LogP) is 2.05. The maximum Gasteiger partial charge on any atom is 0.391 e. The molecule has 2 saturated carbocycles. The van der Waals surface area contributed by atoms with Crippen molar-refractivity contribution < 1.29 is 32.7 Å². The van der Waals surface area contributed by atoms with Gasteiger partial charge in [0.15, 0.2) is 5.96 Å². The molecule has 2 aliphatic carbocycles. The molecule has 2 aliphatic rings. The van der Waals surface area contributed by atoms with E-state index in [-0.39, 0.29) is 36.0 Å². The van der Waals surface area contributed by atoms with Gasteiger partial charge in [0.25, 0.3) is 0 Å². The number of amides is 2. The van der Waals surface area contributed by atoms with Gasteiger partial charge in [-0.1, -0.05) is 38.5 Å². The second-order valence-corrected chi connectivity index (χ2v) is 12.1. The van der Waals surface area contributed by atoms with E-state index in [4.69, 9.17) is 11.5 Å². The summed E-state index contributed by atoms with van der Waals surface area (Å²) in [6, 6.07) is -1.46. The van der Waals surface area contributed by atoms with Crippen LogP contribution < -0.4 is 22.1 Å². The second-order valence-electron chi connectivity index (χ2n) is 9.00. The van der Waals surface area contributed by atoms with Crippen LogP contribution in [0.25, 0.3) is 0 Å². The lowest BCUT2D eigenvalue weighted by Crippen LogP contribution is -2.49. The molecule has 2 fully saturated rings. The van der Waals surface area contributed by atoms with Crippen LogP contribution in [0.3, 0.4) is 0 Å². The summed E-state index contributed by atoms with van der Waals surface area (Å²) < 4.78 is 40.3. The number of nitrogens with zero attached hydrogens (tertiary/aromatic N) is 1. The summed E-state index contributed by atoms with van der Waals surface area (Å²) in [5.41, 5.74) is 10.6. The van der Waals surface area contributed by atoms with Crippen LogP contribution in [0.1, 0.15) is 44.9 Å². The number of nitrogens with two attached hydrogens (primary N) is 2. The van der Waals surface area contributed by atoms with Crippen LogP contribution in [0, 0.1) is 17.8 Å². The third-order valence-corrected chi connectivity index (χ3v) is 7.97. The number of halogens is 5. The average Bonchev–Trinajstić information content (AvgIpc) is 2.69. The zero-order valence-electron chi connectivity index (χ0n) is 18.4. The van der Waals surface area contributed by atoms with E-state index in [0.717, 1.165) is 12.8 Å². The Morgan fingerprint density at radius 1 is 1.12 bits per heavy atom. The van der Waals surface area contributed by atoms with Crippen molar-refractivity contribution in [2.45, 2.75) is 72.0 Å². The molecular formula is C20H30BrF3IN5O4. The summed E-state index contributed by atoms with van der Waals surface area (Å²) in [7, 11) is 0. The van der Waals surface area contributed by atoms with Crippen LogP contribution >= 0.6 is 38.5 Å². The fourth-order valence-corrected chi connectivity index (χ4v) is 7.63. The van der Waals surface area contributed by atoms with E-state index in [0.29, 0.717) is 10.3 Å². The number of nitrogens with one attached hydrogen (secondary N) is 2. The molecule has 0 spiro atoms. The number of aliphatic imine (C=N–C) groups is 1. The van der Waals surface area contributed by atoms with Crippen LogP contribution in [0.4, 0.5) is 13.2 Å². The molecule has 14 heteroatoms. The van der Waals surface area contributed by atoms with Gasteiger partial charge in [0.2, 0.25) is 11.8 Å². The second kappa shape index (κ2) is 12.6. The fourth-order valence-electron chi connectivity index (χ4n) is 4.73. The maximum atomic E-state index is 13.3. The van der Waals surface area contributed by atoms with Crippen molar-refractivity contribution in [2.75, 3.05) is 6.54 Å². The number of aliphatic carboxylic acids is 1. The average molecular weight is 668 g/mol. The molecular weight excluding hydrogens is 638 g/mol. The molecule has 2 amide bonds. The molecule has 7 atom stereocenters. The van der Waals surface area contributed by atoms with Crippen molar-refractivity contribution in [2.24, 2.45) is 34.2 Å². The number of carbonyl (C=O) groups excluding carboxylic acids is 2. The number of hydrogen-bond donors (Lipinski definition) is 5. The standard InChI is InChI=1S/C20H30BrF3IN5O4/c21-12-2-9(3-13(25)6-12)15(7-17(32)33)30-16(31)8-28-18(34)10-1-11(20(22,23)24)5-14(4-10)29-19(26)27/h9-15H,1-8H2,(H,28,34)(H,30,31)(H,32,33)(H4,26,27,29). The molecule has 0 saturated heterocycles. The van der Waals surface area contributed by atoms with Gasteiger partial charge in [0, 0.05) is 20.7 Å². The number of guanidine groups is 1. The zero-order valence-corrected chi connectivity index (χ0v) is 22.1. The van der Waals surface area contributed by atoms with E-state index in [1.807, 2.05) is 0 Å². The van der Waals surface area contributed by atoms with Gasteiger partial charge in [0.05, 0.1) is 24.9 Å². The minimum Gasteiger partial charge on any atom is -0.481 e. The smallest absolute Gasteiger partial charge is 0.391 e. The Balaban J connectivity index is 1.97. The molecule has 0 aliphatic heterocycles. The first-order valence-corrected chi connectivity index (χ1v) is 13.1. The maximum absolute atomic E-state index is 13.3. The Morgan fingerprint density at radius 2 is 1.79 bits per heavy atom. The number of carbonyl (C=O) groups is 3. The molecule has 0 aromatic carbocycles. The molecule has 7 N–H and O–H groups in total. The highest BCUT2D eigenvalue weighted by atomic mass is 127. The van der Waals surface area contributed by atoms with E-state index in [2.05, 4.69) is 54.1 Å². The highest BCUT2D eigenvalue weighted by Gasteiger charge is 2.46. The first kappa shape index (κ1) is 28.9. The Kier molecular flexibility index (Phi) is 10.7. The quantitative estimate of drug-likeness (QED) is 0.115. The lowest BCUT2D eigenvalue weighted by atomic mass is 9.78. The summed E-state index contributed by atoms with van der Waals surface area (Å²) in [6.45, 7) is -0.465. The van der Waals surface area contributed by atoms with Gasteiger partial charge < -0.3 is 27.2 Å². The van der Waals surface area contributed by atoms with E-state index >= 15 is 0 Å². The first-order valence-electron chi connectivity index (χ1n) is 11.0. The number of alkyl halides is 5. The van der Waals surface area contributed by atoms with Crippen LogP contribution in [-0.2, 0) is 14.4 Å². The molecule has 0 bridgehead atoms. The summed E-state index contributed by atoms with van der Waals surface area (Å²) in [5, 5.41) is 14.4. The number of carboxylic acids is 1. The Labute approximate surface area is 217 Å². The van der Waals surface area contributed by atoms with Gasteiger partial charge in [-0.3, -0.25) is 19.4 Å². The van der Waals surface area contributed by atoms with E-state index in [1.165, 1.54) is 0 Å². The summed E-state index contributed by atoms with van der Waals surface area (Å²) >= 11 is 5.88. The molecule has 9 nitrogen and oxygen atoms in total. The van der Waals surface area contributed by atoms with Gasteiger partial charge in [-0.05, 0) is 44.4 Å². The van der Waals surface area contributed by atoms with Gasteiger partial charge in [-0.15, -0.1) is 0 Å². The van der Waals surface area contributed by atoms with Crippen LogP contribution in [0.2, 0.25) is 0 Å². The van der Waals surface area contributed by atoms with Crippen LogP contribution in [-0.4, -0.2) is 62.4 Å². The number of hydrogen-bond acceptors (Lipinski definition) is 4. The normalized spacial score (nSPS) is 30.6. The topological polar surface area (TPSA) is 160 Å². The molecule has 0 heterocycles. The monoisotopic (exact) mass is 667 g/mol. The minimum absolute atomic E-state index is 0.0331. The highest BCUT2D eigenvalue weighted by molar-refractivity contribution is 14.1. The summed E-state index contributed by atoms with van der Waals surface area (Å²) in [4.78, 5) is 40.4. The van der Waals surface area contributed by atoms with Crippen molar-refractivity contribution in [3.63, 3.8) is 0 Å². The molecule has 0 aromatic rings. The Morgan fingerprint density at radius 3 is 2.35 bits per heavy atom. The third kappa shape index (κ3) is 9.38. The minimum atomic E-state index is -4.50. The van der Waals surface area contributed by atoms with Gasteiger partial charge in [-0.2, -0.15) is 13.2 Å². The van der Waals surface area contributed by atoms with E-state index < -0.39 is 60.8 Å². The Bertz CT molecular complexity index is 774. The molecule has 2 rings (SSSR count). The van der Waals surface area contributed by atoms with Gasteiger partial charge >= 0.3 is 12.1 Å². The van der Waals surface area contributed by atoms with E-state index in [9.17, 15) is 32.7 Å². The largest absolute Gasteiger partial charge is 0.481 e. The fraction of sp³-hybridized carbons (Fsp3) is 0.800. The van der Waals surface area contributed by atoms with Gasteiger partial charge in [0.1, 0.15) is 0 Å². The zero-order chi connectivity index (χ0) is 25.6. The van der Waals surface area contributed by atoms with E-state index in [1.54, 1.807) is 0 Å². The van der Waals surface area contributed by atoms with Crippen LogP contribution in [0.5, 0.6) is 0 Å². The van der Waals surface area contributed by atoms with Crippen LogP contribution in [0.15, 0.2) is 4.99 Å². The van der Waals surface area contributed by atoms with Crippen molar-refractivity contribution in [1.82, 2.24) is 10.6 Å². The molecule has 0 aromatic heterocycles. The lowest BCUT2D eigenvalue weighted by Gasteiger charge is -2.35. The number of carboxylic acid groups (broad SMARTS) is 1. The Hall–Kier alpha value is -1.32. The molecule has 34 heavy (non-hydrogen) atoms. The SMILES string of the molecule is NC(N)=NC1CC(C(=O)NCC(=O)NC(CC(=O)O)C2CC(Br)CC(I)C2)CC(C(F)(F)F)C1. The van der Waals surface area contributed by atoms with Crippen molar-refractivity contribution >= 4 is 62.3 Å². The summed E-state index contributed by atoms with van der Waals surface area (Å²) in [6.07, 6.45) is -3.05. The van der Waals surface area contributed by atoms with Crippen molar-refractivity contribution in [3.8, 4) is 0 Å². The van der Waals surface area contributed by atoms with Crippen molar-refractivity contribution in [3.05, 3.63) is 0 Å².